The monoisotopic (exact) mass is 745 g/mol. The molecule has 0 saturated heterocycles. The molecule has 47 heavy (non-hydrogen) atoms. The summed E-state index contributed by atoms with van der Waals surface area (Å²) in [5, 5.41) is 9.14. The normalized spacial score (nSPS) is 10.0. The Morgan fingerprint density at radius 1 is 0.596 bits per heavy atom. The van der Waals surface area contributed by atoms with Crippen LogP contribution in [-0.4, -0.2) is 83.2 Å². The lowest BCUT2D eigenvalue weighted by Gasteiger charge is -2.41. The summed E-state index contributed by atoms with van der Waals surface area (Å²) in [6, 6.07) is 2.88. The van der Waals surface area contributed by atoms with Crippen molar-refractivity contribution in [2.75, 3.05) is 40.1 Å². The number of carbonyl (C=O) groups excluding carboxylic acids is 2. The van der Waals surface area contributed by atoms with Crippen LogP contribution in [0.4, 0.5) is 0 Å². The van der Waals surface area contributed by atoms with Crippen LogP contribution in [0.25, 0.3) is 0 Å². The number of hydrogen-bond donors (Lipinski definition) is 1. The van der Waals surface area contributed by atoms with E-state index in [-0.39, 0.29) is 102 Å². The summed E-state index contributed by atoms with van der Waals surface area (Å²) in [7, 11) is -4.64. The summed E-state index contributed by atoms with van der Waals surface area (Å²) >= 11 is 0. The summed E-state index contributed by atoms with van der Waals surface area (Å²) in [6.07, 6.45) is 4.58. The van der Waals surface area contributed by atoms with E-state index in [4.69, 9.17) is 32.3 Å². The topological polar surface area (TPSA) is 101 Å². The second-order valence-corrected chi connectivity index (χ2v) is 22.6. The van der Waals surface area contributed by atoms with Gasteiger partial charge in [0, 0.05) is 25.9 Å². The van der Waals surface area contributed by atoms with E-state index < -0.39 is 25.2 Å². The van der Waals surface area contributed by atoms with E-state index in [1.54, 1.807) is 14.0 Å². The minimum Gasteiger partial charge on any atom is -0.462 e. The number of rotatable bonds is 21. The summed E-state index contributed by atoms with van der Waals surface area (Å²) in [4.78, 5) is 19.6. The van der Waals surface area contributed by atoms with Crippen LogP contribution in [0.3, 0.4) is 0 Å². The SMILES string of the molecule is C.C.C.C.C.C.C.C.C.C.C.C.C=C(C)C(=O)OCCC[Si](C)(C)O[Si](C)(CCCCCO)O[Si](C)(C)CCCOCCOC.C=O. The van der Waals surface area contributed by atoms with Gasteiger partial charge >= 0.3 is 14.5 Å². The summed E-state index contributed by atoms with van der Waals surface area (Å²) in [5.41, 5.74) is 0.426. The van der Waals surface area contributed by atoms with Crippen molar-refractivity contribution in [1.29, 1.82) is 0 Å². The van der Waals surface area contributed by atoms with Crippen molar-refractivity contribution < 1.29 is 37.1 Å². The number of carbonyl (C=O) groups is 2. The molecule has 1 unspecified atom stereocenters. The van der Waals surface area contributed by atoms with Gasteiger partial charge in [-0.2, -0.15) is 0 Å². The molecule has 0 saturated carbocycles. The lowest BCUT2D eigenvalue weighted by atomic mass is 10.3. The highest BCUT2D eigenvalue weighted by atomic mass is 28.5. The Kier molecular flexibility index (Phi) is 101. The number of esters is 1. The average molecular weight is 745 g/mol. The third-order valence-electron chi connectivity index (χ3n) is 5.28. The Bertz CT molecular complexity index is 580. The van der Waals surface area contributed by atoms with E-state index in [0.29, 0.717) is 25.4 Å². The highest BCUT2D eigenvalue weighted by Gasteiger charge is 2.42. The molecular weight excluding hydrogens is 645 g/mol. The van der Waals surface area contributed by atoms with Crippen LogP contribution in [0, 0.1) is 0 Å². The van der Waals surface area contributed by atoms with Crippen molar-refractivity contribution in [3.05, 3.63) is 12.2 Å². The lowest BCUT2D eigenvalue weighted by Crippen LogP contribution is -2.54. The van der Waals surface area contributed by atoms with Crippen LogP contribution < -0.4 is 0 Å². The molecule has 1 N–H and O–H groups in total. The zero-order valence-electron chi connectivity index (χ0n) is 23.4. The van der Waals surface area contributed by atoms with E-state index >= 15 is 0 Å². The van der Waals surface area contributed by atoms with Gasteiger partial charge in [-0.05, 0) is 77.1 Å². The molecule has 0 heterocycles. The molecule has 0 aliphatic heterocycles. The Morgan fingerprint density at radius 2 is 1.00 bits per heavy atom. The maximum Gasteiger partial charge on any atom is 0.333 e. The highest BCUT2D eigenvalue weighted by molar-refractivity contribution is 6.88. The molecule has 0 fully saturated rings. The van der Waals surface area contributed by atoms with E-state index in [2.05, 4.69) is 39.3 Å². The van der Waals surface area contributed by atoms with Crippen molar-refractivity contribution in [3.63, 3.8) is 0 Å². The maximum atomic E-state index is 11.6. The molecule has 0 amide bonds. The van der Waals surface area contributed by atoms with Gasteiger partial charge in [-0.3, -0.25) is 0 Å². The molecule has 11 heteroatoms. The maximum absolute atomic E-state index is 11.6. The van der Waals surface area contributed by atoms with Gasteiger partial charge in [-0.15, -0.1) is 0 Å². The summed E-state index contributed by atoms with van der Waals surface area (Å²) in [5.74, 6) is -0.333. The first-order valence-electron chi connectivity index (χ1n) is 12.6. The number of aliphatic hydroxyl groups excluding tert-OH is 1. The minimum atomic E-state index is -2.39. The van der Waals surface area contributed by atoms with E-state index in [9.17, 15) is 4.79 Å². The molecule has 304 valence electrons. The zero-order chi connectivity index (χ0) is 27.4. The van der Waals surface area contributed by atoms with Gasteiger partial charge in [0.25, 0.3) is 0 Å². The Labute approximate surface area is 305 Å². The zero-order valence-corrected chi connectivity index (χ0v) is 26.4. The molecule has 0 aromatic heterocycles. The van der Waals surface area contributed by atoms with Gasteiger partial charge in [0.15, 0.2) is 16.6 Å². The summed E-state index contributed by atoms with van der Waals surface area (Å²) in [6.45, 7) is 21.1. The van der Waals surface area contributed by atoms with Crippen LogP contribution >= 0.6 is 0 Å². The Balaban J connectivity index is -0.0000000635. The van der Waals surface area contributed by atoms with Gasteiger partial charge in [-0.1, -0.05) is 109 Å². The largest absolute Gasteiger partial charge is 0.462 e. The fraction of sp³-hybridized carbons (Fsp3) is 0.889. The van der Waals surface area contributed by atoms with Crippen LogP contribution in [0.15, 0.2) is 12.2 Å². The van der Waals surface area contributed by atoms with Gasteiger partial charge in [-0.25, -0.2) is 4.79 Å². The van der Waals surface area contributed by atoms with E-state index in [1.165, 1.54) is 0 Å². The van der Waals surface area contributed by atoms with Crippen molar-refractivity contribution in [3.8, 4) is 0 Å². The molecule has 0 aromatic carbocycles. The number of aliphatic hydroxyl groups is 1. The first-order chi connectivity index (χ1) is 16.4. The predicted molar refractivity (Wildman–Crippen MR) is 230 cm³/mol. The summed E-state index contributed by atoms with van der Waals surface area (Å²) < 4.78 is 29.7. The first-order valence-corrected chi connectivity index (χ1v) is 21.3. The number of ether oxygens (including phenoxy) is 3. The standard InChI is InChI=1S/C23H50O7Si3.CH2O.12CH4/c1-22(2)23(25)28-16-13-20-32(6,7)30-33(8,21-11-9-10-14-24)29-31(4,5)19-12-15-27-18-17-26-3;1-2;;;;;;;;;;;;/h24H,1,9-21H2,2-8H3;1H2;12*1H4. The number of unbranched alkanes of at least 4 members (excludes halogenated alkanes) is 2. The van der Waals surface area contributed by atoms with Gasteiger partial charge < -0.3 is 32.3 Å². The van der Waals surface area contributed by atoms with Crippen molar-refractivity contribution in [2.45, 2.75) is 179 Å². The molecule has 8 nitrogen and oxygen atoms in total. The van der Waals surface area contributed by atoms with Crippen LogP contribution in [0.2, 0.25) is 50.9 Å². The van der Waals surface area contributed by atoms with Crippen molar-refractivity contribution >= 4 is 38.0 Å². The fourth-order valence-electron chi connectivity index (χ4n) is 3.76. The Hall–Kier alpha value is -0.669. The molecule has 0 aliphatic rings. The molecule has 1 atom stereocenters. The predicted octanol–water partition coefficient (Wildman–Crippen LogP) is 12.7. The van der Waals surface area contributed by atoms with Crippen molar-refractivity contribution in [2.24, 2.45) is 0 Å². The second kappa shape index (κ2) is 52.2. The molecular formula is C36H100O8Si3. The van der Waals surface area contributed by atoms with Crippen LogP contribution in [-0.2, 0) is 32.0 Å². The second-order valence-electron chi connectivity index (χ2n) is 10.1. The fourth-order valence-corrected chi connectivity index (χ4v) is 18.2. The molecule has 0 radical (unpaired) electrons. The molecule has 0 aliphatic carbocycles. The van der Waals surface area contributed by atoms with Crippen molar-refractivity contribution in [1.82, 2.24) is 0 Å². The first kappa shape index (κ1) is 91.1. The smallest absolute Gasteiger partial charge is 0.333 e. The van der Waals surface area contributed by atoms with E-state index in [0.717, 1.165) is 56.8 Å². The molecule has 0 rings (SSSR count). The number of methoxy groups -OCH3 is 1. The van der Waals surface area contributed by atoms with Gasteiger partial charge in [0.2, 0.25) is 0 Å². The Morgan fingerprint density at radius 3 is 1.36 bits per heavy atom. The molecule has 0 bridgehead atoms. The quantitative estimate of drug-likeness (QED) is 0.0536. The lowest BCUT2D eigenvalue weighted by molar-refractivity contribution is -0.138. The third kappa shape index (κ3) is 55.0. The van der Waals surface area contributed by atoms with Gasteiger partial charge in [0.1, 0.15) is 6.79 Å². The molecule has 0 spiro atoms. The van der Waals surface area contributed by atoms with Gasteiger partial charge in [0.05, 0.1) is 19.8 Å². The highest BCUT2D eigenvalue weighted by Crippen LogP contribution is 2.30. The van der Waals surface area contributed by atoms with E-state index in [1.807, 2.05) is 6.79 Å². The minimum absolute atomic E-state index is 0. The third-order valence-corrected chi connectivity index (χ3v) is 17.5. The average Bonchev–Trinajstić information content (AvgIpc) is 2.77. The number of hydrogen-bond acceptors (Lipinski definition) is 8. The molecule has 0 aromatic rings. The van der Waals surface area contributed by atoms with Crippen LogP contribution in [0.1, 0.15) is 128 Å². The van der Waals surface area contributed by atoms with Crippen LogP contribution in [0.5, 0.6) is 0 Å².